The molecular formula is C12H14ClF2NO. The number of halogens is 3. The van der Waals surface area contributed by atoms with Gasteiger partial charge in [-0.25, -0.2) is 8.78 Å². The molecule has 1 aliphatic carbocycles. The van der Waals surface area contributed by atoms with Crippen molar-refractivity contribution in [2.75, 3.05) is 17.7 Å². The molecule has 2 N–H and O–H groups in total. The summed E-state index contributed by atoms with van der Waals surface area (Å²) in [7, 11) is 0. The lowest BCUT2D eigenvalue weighted by Crippen LogP contribution is -2.20. The topological polar surface area (TPSA) is 32.3 Å². The van der Waals surface area contributed by atoms with Crippen molar-refractivity contribution in [2.45, 2.75) is 24.4 Å². The Balaban J connectivity index is 1.98. The third kappa shape index (κ3) is 3.07. The number of alkyl halides is 3. The summed E-state index contributed by atoms with van der Waals surface area (Å²) in [5.74, 6) is -3.05. The van der Waals surface area contributed by atoms with Crippen LogP contribution >= 0.6 is 11.6 Å². The van der Waals surface area contributed by atoms with E-state index in [4.69, 9.17) is 11.6 Å². The van der Waals surface area contributed by atoms with Crippen LogP contribution in [0.2, 0.25) is 0 Å². The number of rotatable bonds is 5. The molecule has 0 aromatic heterocycles. The van der Waals surface area contributed by atoms with Crippen molar-refractivity contribution in [1.82, 2.24) is 0 Å². The molecule has 94 valence electrons. The van der Waals surface area contributed by atoms with Crippen LogP contribution in [0.1, 0.15) is 17.9 Å². The fourth-order valence-electron chi connectivity index (χ4n) is 1.73. The van der Waals surface area contributed by atoms with Gasteiger partial charge in [-0.05, 0) is 17.7 Å². The van der Waals surface area contributed by atoms with E-state index in [1.54, 1.807) is 24.3 Å². The number of benzene rings is 1. The minimum Gasteiger partial charge on any atom is -0.390 e. The molecule has 5 heteroatoms. The van der Waals surface area contributed by atoms with Gasteiger partial charge in [0.1, 0.15) is 0 Å². The summed E-state index contributed by atoms with van der Waals surface area (Å²) in [6.07, 6.45) is -0.705. The van der Waals surface area contributed by atoms with Crippen molar-refractivity contribution in [3.8, 4) is 0 Å². The molecule has 0 aliphatic heterocycles. The van der Waals surface area contributed by atoms with E-state index in [9.17, 15) is 13.9 Å². The summed E-state index contributed by atoms with van der Waals surface area (Å²) in [5, 5.41) is 12.2. The average Bonchev–Trinajstić information content (AvgIpc) is 2.96. The molecule has 2 nitrogen and oxygen atoms in total. The quantitative estimate of drug-likeness (QED) is 0.799. The second-order valence-corrected chi connectivity index (χ2v) is 4.64. The van der Waals surface area contributed by atoms with E-state index in [0.29, 0.717) is 12.1 Å². The van der Waals surface area contributed by atoms with E-state index in [1.165, 1.54) is 0 Å². The molecule has 2 rings (SSSR count). The predicted octanol–water partition coefficient (Wildman–Crippen LogP) is 2.82. The molecule has 1 fully saturated rings. The molecule has 0 heterocycles. The predicted molar refractivity (Wildman–Crippen MR) is 64.0 cm³/mol. The normalized spacial score (nSPS) is 23.2. The van der Waals surface area contributed by atoms with E-state index in [0.717, 1.165) is 5.69 Å². The van der Waals surface area contributed by atoms with Gasteiger partial charge in [-0.15, -0.1) is 11.6 Å². The molecule has 0 amide bonds. The number of aliphatic hydroxyl groups excluding tert-OH is 1. The van der Waals surface area contributed by atoms with E-state index < -0.39 is 17.9 Å². The zero-order valence-corrected chi connectivity index (χ0v) is 9.92. The van der Waals surface area contributed by atoms with Gasteiger partial charge in [0.05, 0.1) is 17.9 Å². The second kappa shape index (κ2) is 4.78. The minimum absolute atomic E-state index is 0.0687. The van der Waals surface area contributed by atoms with E-state index in [2.05, 4.69) is 5.32 Å². The SMILES string of the molecule is OC(CCl)CNc1cccc(C2CC2(F)F)c1. The Morgan fingerprint density at radius 3 is 2.82 bits per heavy atom. The van der Waals surface area contributed by atoms with Crippen LogP contribution in [0.4, 0.5) is 14.5 Å². The first-order chi connectivity index (χ1) is 8.03. The fourth-order valence-corrected chi connectivity index (χ4v) is 1.84. The molecule has 1 aromatic carbocycles. The third-order valence-electron chi connectivity index (χ3n) is 2.83. The Labute approximate surface area is 104 Å². The van der Waals surface area contributed by atoms with Crippen molar-refractivity contribution < 1.29 is 13.9 Å². The second-order valence-electron chi connectivity index (χ2n) is 4.33. The highest BCUT2D eigenvalue weighted by Crippen LogP contribution is 2.55. The lowest BCUT2D eigenvalue weighted by atomic mass is 10.1. The smallest absolute Gasteiger partial charge is 0.255 e. The molecule has 17 heavy (non-hydrogen) atoms. The number of aliphatic hydroxyl groups is 1. The van der Waals surface area contributed by atoms with Crippen molar-refractivity contribution in [3.05, 3.63) is 29.8 Å². The van der Waals surface area contributed by atoms with Crippen molar-refractivity contribution in [1.29, 1.82) is 0 Å². The van der Waals surface area contributed by atoms with Gasteiger partial charge in [0, 0.05) is 18.7 Å². The van der Waals surface area contributed by atoms with Gasteiger partial charge in [0.15, 0.2) is 0 Å². The van der Waals surface area contributed by atoms with Gasteiger partial charge in [0.25, 0.3) is 5.92 Å². The average molecular weight is 262 g/mol. The molecule has 0 saturated heterocycles. The molecule has 2 atom stereocenters. The first kappa shape index (κ1) is 12.6. The van der Waals surface area contributed by atoms with Crippen LogP contribution in [0, 0.1) is 0 Å². The monoisotopic (exact) mass is 261 g/mol. The summed E-state index contributed by atoms with van der Waals surface area (Å²) in [5.41, 5.74) is 1.37. The molecule has 0 spiro atoms. The van der Waals surface area contributed by atoms with Crippen molar-refractivity contribution in [3.63, 3.8) is 0 Å². The zero-order chi connectivity index (χ0) is 12.5. The van der Waals surface area contributed by atoms with Gasteiger partial charge in [0.2, 0.25) is 0 Å². The number of hydrogen-bond acceptors (Lipinski definition) is 2. The molecule has 0 radical (unpaired) electrons. The Morgan fingerprint density at radius 1 is 1.53 bits per heavy atom. The van der Waals surface area contributed by atoms with Gasteiger partial charge in [-0.3, -0.25) is 0 Å². The zero-order valence-electron chi connectivity index (χ0n) is 9.17. The van der Waals surface area contributed by atoms with Crippen LogP contribution in [-0.4, -0.2) is 29.6 Å². The first-order valence-electron chi connectivity index (χ1n) is 5.48. The molecule has 1 aliphatic rings. The van der Waals surface area contributed by atoms with Crippen LogP contribution in [0.25, 0.3) is 0 Å². The van der Waals surface area contributed by atoms with Crippen LogP contribution in [0.15, 0.2) is 24.3 Å². The molecular weight excluding hydrogens is 248 g/mol. The van der Waals surface area contributed by atoms with E-state index in [1.807, 2.05) is 0 Å². The fraction of sp³-hybridized carbons (Fsp3) is 0.500. The highest BCUT2D eigenvalue weighted by atomic mass is 35.5. The largest absolute Gasteiger partial charge is 0.390 e. The summed E-state index contributed by atoms with van der Waals surface area (Å²) in [6, 6.07) is 6.92. The molecule has 1 aromatic rings. The number of nitrogens with one attached hydrogen (secondary N) is 1. The summed E-state index contributed by atoms with van der Waals surface area (Å²) < 4.78 is 25.8. The maximum atomic E-state index is 12.9. The van der Waals surface area contributed by atoms with E-state index >= 15 is 0 Å². The summed E-state index contributed by atoms with van der Waals surface area (Å²) in [6.45, 7) is 0.314. The highest BCUT2D eigenvalue weighted by Gasteiger charge is 2.57. The maximum Gasteiger partial charge on any atom is 0.255 e. The van der Waals surface area contributed by atoms with Gasteiger partial charge in [-0.1, -0.05) is 12.1 Å². The van der Waals surface area contributed by atoms with Gasteiger partial charge < -0.3 is 10.4 Å². The van der Waals surface area contributed by atoms with Gasteiger partial charge >= 0.3 is 0 Å². The molecule has 0 bridgehead atoms. The first-order valence-corrected chi connectivity index (χ1v) is 6.02. The third-order valence-corrected chi connectivity index (χ3v) is 3.19. The Morgan fingerprint density at radius 2 is 2.24 bits per heavy atom. The summed E-state index contributed by atoms with van der Waals surface area (Å²) in [4.78, 5) is 0. The Kier molecular flexibility index (Phi) is 3.54. The Bertz CT molecular complexity index is 400. The van der Waals surface area contributed by atoms with E-state index in [-0.39, 0.29) is 12.3 Å². The van der Waals surface area contributed by atoms with Gasteiger partial charge in [-0.2, -0.15) is 0 Å². The Hall–Kier alpha value is -0.870. The van der Waals surface area contributed by atoms with Crippen molar-refractivity contribution >= 4 is 17.3 Å². The molecule has 2 unspecified atom stereocenters. The van der Waals surface area contributed by atoms with Crippen LogP contribution < -0.4 is 5.32 Å². The van der Waals surface area contributed by atoms with Crippen molar-refractivity contribution in [2.24, 2.45) is 0 Å². The minimum atomic E-state index is -2.55. The number of anilines is 1. The lowest BCUT2D eigenvalue weighted by Gasteiger charge is -2.11. The highest BCUT2D eigenvalue weighted by molar-refractivity contribution is 6.18. The van der Waals surface area contributed by atoms with Crippen LogP contribution in [-0.2, 0) is 0 Å². The molecule has 1 saturated carbocycles. The van der Waals surface area contributed by atoms with Crippen LogP contribution in [0.3, 0.4) is 0 Å². The van der Waals surface area contributed by atoms with Crippen LogP contribution in [0.5, 0.6) is 0 Å². The number of hydrogen-bond donors (Lipinski definition) is 2. The lowest BCUT2D eigenvalue weighted by molar-refractivity contribution is 0.112. The summed E-state index contributed by atoms with van der Waals surface area (Å²) >= 11 is 5.46. The standard InChI is InChI=1S/C12H14ClF2NO/c13-6-10(17)7-16-9-3-1-2-8(4-9)11-5-12(11,14)15/h1-4,10-11,16-17H,5-7H2. The maximum absolute atomic E-state index is 12.9.